The number of halogens is 1. The molecule has 0 spiro atoms. The molecule has 6 nitrogen and oxygen atoms in total. The van der Waals surface area contributed by atoms with Gasteiger partial charge in [-0.2, -0.15) is 0 Å². The molecule has 0 aliphatic heterocycles. The molecular formula is C32H48FNO5Si. The predicted molar refractivity (Wildman–Crippen MR) is 162 cm³/mol. The van der Waals surface area contributed by atoms with E-state index >= 15 is 0 Å². The number of esters is 1. The van der Waals surface area contributed by atoms with Crippen molar-refractivity contribution in [2.24, 2.45) is 0 Å². The van der Waals surface area contributed by atoms with E-state index in [0.29, 0.717) is 6.61 Å². The number of carbonyl (C=O) groups excluding carboxylic acids is 1. The number of pyridine rings is 1. The zero-order valence-corrected chi connectivity index (χ0v) is 26.8. The Morgan fingerprint density at radius 2 is 1.62 bits per heavy atom. The number of aromatic nitrogens is 1. The van der Waals surface area contributed by atoms with Crippen molar-refractivity contribution < 1.29 is 28.6 Å². The Hall–Kier alpha value is -2.39. The Morgan fingerprint density at radius 1 is 1.05 bits per heavy atom. The number of methoxy groups -OCH3 is 1. The van der Waals surface area contributed by atoms with Crippen LogP contribution in [0.5, 0.6) is 0 Å². The second-order valence-electron chi connectivity index (χ2n) is 12.6. The Bertz CT molecular complexity index is 1170. The van der Waals surface area contributed by atoms with Crippen LogP contribution in [0.25, 0.3) is 17.2 Å². The summed E-state index contributed by atoms with van der Waals surface area (Å²) < 4.78 is 25.3. The van der Waals surface area contributed by atoms with Crippen molar-refractivity contribution in [3.8, 4) is 11.1 Å². The number of nitrogens with zero attached hydrogens (tertiary/aromatic N) is 1. The molecule has 0 saturated carbocycles. The van der Waals surface area contributed by atoms with Gasteiger partial charge in [0.1, 0.15) is 5.82 Å². The Balaban J connectivity index is 2.75. The standard InChI is InChI=1S/C32H48FNO5Si/c1-20(2)30-26(16-15-24(35)17-25(36)18-28(37)38-8)29(22-11-13-23(33)14-12-22)27(31(34-30)21(3)4)19-39-40(9,10)32(5,6)7/h11-16,20-21,24-25,35-36H,17-19H2,1-10H3/t24-,25-/m1/s1. The molecule has 1 aromatic heterocycles. The first-order valence-corrected chi connectivity index (χ1v) is 17.0. The second kappa shape index (κ2) is 14.0. The molecule has 2 atom stereocenters. The van der Waals surface area contributed by atoms with Crippen molar-refractivity contribution in [3.05, 3.63) is 58.7 Å². The molecule has 2 aromatic rings. The first kappa shape index (κ1) is 33.8. The highest BCUT2D eigenvalue weighted by molar-refractivity contribution is 6.74. The zero-order chi connectivity index (χ0) is 30.4. The molecule has 1 aromatic carbocycles. The fraction of sp³-hybridized carbons (Fsp3) is 0.562. The minimum Gasteiger partial charge on any atom is -0.469 e. The van der Waals surface area contributed by atoms with Crippen LogP contribution in [0.1, 0.15) is 95.7 Å². The van der Waals surface area contributed by atoms with Crippen LogP contribution in [0.15, 0.2) is 30.3 Å². The highest BCUT2D eigenvalue weighted by Crippen LogP contribution is 2.41. The van der Waals surface area contributed by atoms with Gasteiger partial charge in [0.2, 0.25) is 0 Å². The molecule has 0 aliphatic rings. The van der Waals surface area contributed by atoms with Crippen LogP contribution in [0, 0.1) is 5.82 Å². The van der Waals surface area contributed by atoms with E-state index < -0.39 is 26.5 Å². The summed E-state index contributed by atoms with van der Waals surface area (Å²) in [5.41, 5.74) is 5.31. The number of hydrogen-bond acceptors (Lipinski definition) is 6. The van der Waals surface area contributed by atoms with Gasteiger partial charge in [-0.1, -0.05) is 72.8 Å². The summed E-state index contributed by atoms with van der Waals surface area (Å²) in [4.78, 5) is 16.7. The van der Waals surface area contributed by atoms with Gasteiger partial charge in [0, 0.05) is 23.2 Å². The van der Waals surface area contributed by atoms with E-state index in [1.807, 2.05) is 6.08 Å². The van der Waals surface area contributed by atoms with Gasteiger partial charge < -0.3 is 19.4 Å². The van der Waals surface area contributed by atoms with E-state index in [4.69, 9.17) is 9.41 Å². The first-order valence-electron chi connectivity index (χ1n) is 14.1. The quantitative estimate of drug-likeness (QED) is 0.204. The molecule has 0 amide bonds. The summed E-state index contributed by atoms with van der Waals surface area (Å²) in [5, 5.41) is 21.0. The van der Waals surface area contributed by atoms with Crippen LogP contribution in [0.4, 0.5) is 4.39 Å². The molecule has 0 bridgehead atoms. The topological polar surface area (TPSA) is 88.9 Å². The summed E-state index contributed by atoms with van der Waals surface area (Å²) in [7, 11) is -0.854. The third-order valence-electron chi connectivity index (χ3n) is 7.64. The lowest BCUT2D eigenvalue weighted by Gasteiger charge is -2.37. The molecule has 2 rings (SSSR count). The summed E-state index contributed by atoms with van der Waals surface area (Å²) in [6, 6.07) is 6.43. The van der Waals surface area contributed by atoms with Gasteiger partial charge in [0.05, 0.1) is 38.0 Å². The van der Waals surface area contributed by atoms with E-state index in [1.54, 1.807) is 18.2 Å². The number of aliphatic hydroxyl groups excluding tert-OH is 2. The summed E-state index contributed by atoms with van der Waals surface area (Å²) in [6.07, 6.45) is 1.19. The van der Waals surface area contributed by atoms with E-state index in [9.17, 15) is 19.4 Å². The van der Waals surface area contributed by atoms with Crippen molar-refractivity contribution in [2.45, 2.75) is 110 Å². The Labute approximate surface area is 240 Å². The molecule has 2 N–H and O–H groups in total. The fourth-order valence-corrected chi connectivity index (χ4v) is 5.19. The molecule has 0 fully saturated rings. The van der Waals surface area contributed by atoms with E-state index in [2.05, 4.69) is 66.3 Å². The maximum atomic E-state index is 14.0. The molecule has 1 heterocycles. The van der Waals surface area contributed by atoms with Crippen molar-refractivity contribution in [1.82, 2.24) is 4.98 Å². The van der Waals surface area contributed by atoms with Gasteiger partial charge in [0.15, 0.2) is 8.32 Å². The number of ether oxygens (including phenoxy) is 1. The fourth-order valence-electron chi connectivity index (χ4n) is 4.25. The van der Waals surface area contributed by atoms with Crippen LogP contribution < -0.4 is 0 Å². The van der Waals surface area contributed by atoms with Crippen LogP contribution >= 0.6 is 0 Å². The Kier molecular flexibility index (Phi) is 11.8. The van der Waals surface area contributed by atoms with Gasteiger partial charge >= 0.3 is 5.97 Å². The van der Waals surface area contributed by atoms with Crippen LogP contribution in [-0.2, 0) is 20.6 Å². The lowest BCUT2D eigenvalue weighted by Crippen LogP contribution is -2.40. The van der Waals surface area contributed by atoms with Crippen molar-refractivity contribution in [1.29, 1.82) is 0 Å². The maximum Gasteiger partial charge on any atom is 0.308 e. The van der Waals surface area contributed by atoms with Crippen LogP contribution in [-0.4, -0.2) is 48.8 Å². The summed E-state index contributed by atoms with van der Waals surface area (Å²) in [5.74, 6) is -0.679. The number of carbonyl (C=O) groups is 1. The summed E-state index contributed by atoms with van der Waals surface area (Å²) >= 11 is 0. The van der Waals surface area contributed by atoms with Gasteiger partial charge in [-0.25, -0.2) is 4.39 Å². The first-order chi connectivity index (χ1) is 18.5. The average molecular weight is 574 g/mol. The Morgan fingerprint density at radius 3 is 2.12 bits per heavy atom. The van der Waals surface area contributed by atoms with Gasteiger partial charge in [0.25, 0.3) is 0 Å². The smallest absolute Gasteiger partial charge is 0.308 e. The lowest BCUT2D eigenvalue weighted by molar-refractivity contribution is -0.143. The minimum absolute atomic E-state index is 0.0181. The van der Waals surface area contributed by atoms with Crippen molar-refractivity contribution in [3.63, 3.8) is 0 Å². The highest BCUT2D eigenvalue weighted by Gasteiger charge is 2.38. The van der Waals surface area contributed by atoms with Crippen LogP contribution in [0.3, 0.4) is 0 Å². The second-order valence-corrected chi connectivity index (χ2v) is 17.4. The minimum atomic E-state index is -2.11. The number of benzene rings is 1. The number of rotatable bonds is 12. The number of aliphatic hydroxyl groups is 2. The maximum absolute atomic E-state index is 14.0. The lowest BCUT2D eigenvalue weighted by atomic mass is 9.87. The molecule has 222 valence electrons. The predicted octanol–water partition coefficient (Wildman–Crippen LogP) is 7.34. The monoisotopic (exact) mass is 573 g/mol. The SMILES string of the molecule is COC(=O)C[C@H](O)C[C@H](O)C=Cc1c(C(C)C)nc(C(C)C)c(CO[Si](C)(C)C(C)(C)C)c1-c1ccc(F)cc1. The van der Waals surface area contributed by atoms with E-state index in [-0.39, 0.29) is 35.5 Å². The highest BCUT2D eigenvalue weighted by atomic mass is 28.4. The van der Waals surface area contributed by atoms with Gasteiger partial charge in [-0.3, -0.25) is 9.78 Å². The molecule has 0 saturated heterocycles. The zero-order valence-electron chi connectivity index (χ0n) is 25.8. The molecular weight excluding hydrogens is 525 g/mol. The molecule has 0 aliphatic carbocycles. The molecule has 40 heavy (non-hydrogen) atoms. The van der Waals surface area contributed by atoms with Crippen LogP contribution in [0.2, 0.25) is 18.1 Å². The third-order valence-corrected chi connectivity index (χ3v) is 12.1. The largest absolute Gasteiger partial charge is 0.469 e. The van der Waals surface area contributed by atoms with Crippen molar-refractivity contribution in [2.75, 3.05) is 7.11 Å². The third kappa shape index (κ3) is 8.80. The molecule has 0 unspecified atom stereocenters. The van der Waals surface area contributed by atoms with Gasteiger partial charge in [-0.15, -0.1) is 0 Å². The van der Waals surface area contributed by atoms with E-state index in [1.165, 1.54) is 19.2 Å². The normalized spacial score (nSPS) is 14.3. The number of hydrogen-bond donors (Lipinski definition) is 2. The van der Waals surface area contributed by atoms with E-state index in [0.717, 1.165) is 33.6 Å². The van der Waals surface area contributed by atoms with Gasteiger partial charge in [-0.05, 0) is 53.2 Å². The average Bonchev–Trinajstić information content (AvgIpc) is 2.85. The summed E-state index contributed by atoms with van der Waals surface area (Å²) in [6.45, 7) is 19.8. The molecule has 8 heteroatoms. The molecule has 0 radical (unpaired) electrons. The van der Waals surface area contributed by atoms with Crippen molar-refractivity contribution >= 4 is 20.4 Å².